The molecule has 1 aromatic heterocycles. The minimum absolute atomic E-state index is 0.0645. The highest BCUT2D eigenvalue weighted by Gasteiger charge is 2.42. The molecule has 8 nitrogen and oxygen atoms in total. The highest BCUT2D eigenvalue weighted by Crippen LogP contribution is 2.53. The summed E-state index contributed by atoms with van der Waals surface area (Å²) in [5.74, 6) is 0.466. The third-order valence-corrected chi connectivity index (χ3v) is 7.97. The molecule has 4 N–H and O–H groups in total. The minimum atomic E-state index is -0.918. The van der Waals surface area contributed by atoms with Crippen molar-refractivity contribution in [3.05, 3.63) is 45.8 Å². The van der Waals surface area contributed by atoms with Gasteiger partial charge in [0.05, 0.1) is 23.0 Å². The van der Waals surface area contributed by atoms with Crippen molar-refractivity contribution in [2.24, 2.45) is 11.3 Å². The van der Waals surface area contributed by atoms with E-state index in [1.165, 1.54) is 0 Å². The average molecular weight is 533 g/mol. The first-order valence-electron chi connectivity index (χ1n) is 13.1. The first kappa shape index (κ1) is 27.6. The van der Waals surface area contributed by atoms with Crippen molar-refractivity contribution >= 4 is 29.2 Å². The van der Waals surface area contributed by atoms with Crippen LogP contribution in [0.1, 0.15) is 106 Å². The molecule has 1 amide bonds. The van der Waals surface area contributed by atoms with Gasteiger partial charge in [-0.3, -0.25) is 9.59 Å². The standard InChI is InChI=1S/C28H37ClN2O6/c1-28(2,15-33)13-17-9-20(10-17)27-25(18-4-5-18)26(31-37-27)19(6-8-24(35)36)12-23(34)30-22-7-3-16(14-32)11-21(22)29/h3,7,11,17-20,32-33H,4-6,8-10,12-15H2,1-2H3,(H,30,34)(H,35,36)/t17-,19-,20+/m0/s1. The van der Waals surface area contributed by atoms with E-state index in [-0.39, 0.29) is 55.6 Å². The van der Waals surface area contributed by atoms with Gasteiger partial charge < -0.3 is 25.2 Å². The average Bonchev–Trinajstić information content (AvgIpc) is 3.58. The third kappa shape index (κ3) is 6.92. The predicted octanol–water partition coefficient (Wildman–Crippen LogP) is 5.58. The number of aliphatic carboxylic acids is 1. The van der Waals surface area contributed by atoms with E-state index in [1.807, 2.05) is 0 Å². The number of rotatable bonds is 13. The summed E-state index contributed by atoms with van der Waals surface area (Å²) >= 11 is 6.26. The van der Waals surface area contributed by atoms with Crippen molar-refractivity contribution in [1.29, 1.82) is 0 Å². The number of aliphatic hydroxyl groups excluding tert-OH is 2. The molecular formula is C28H37ClN2O6. The number of amides is 1. The molecule has 0 aliphatic heterocycles. The lowest BCUT2D eigenvalue weighted by atomic mass is 9.66. The fourth-order valence-corrected chi connectivity index (χ4v) is 5.72. The fraction of sp³-hybridized carbons (Fsp3) is 0.607. The molecule has 4 rings (SSSR count). The van der Waals surface area contributed by atoms with Crippen LogP contribution in [0.3, 0.4) is 0 Å². The first-order valence-corrected chi connectivity index (χ1v) is 13.5. The molecule has 0 unspecified atom stereocenters. The number of aliphatic hydroxyl groups is 2. The molecule has 37 heavy (non-hydrogen) atoms. The zero-order valence-electron chi connectivity index (χ0n) is 21.5. The molecule has 0 bridgehead atoms. The van der Waals surface area contributed by atoms with Crippen LogP contribution in [0.5, 0.6) is 0 Å². The molecule has 2 fully saturated rings. The number of nitrogens with one attached hydrogen (secondary N) is 1. The Labute approximate surface area is 222 Å². The molecule has 1 heterocycles. The monoisotopic (exact) mass is 532 g/mol. The summed E-state index contributed by atoms with van der Waals surface area (Å²) in [6.45, 7) is 4.17. The lowest BCUT2D eigenvalue weighted by Crippen LogP contribution is -2.29. The van der Waals surface area contributed by atoms with Crippen molar-refractivity contribution in [1.82, 2.24) is 5.16 Å². The second kappa shape index (κ2) is 11.5. The van der Waals surface area contributed by atoms with Crippen LogP contribution in [-0.2, 0) is 16.2 Å². The van der Waals surface area contributed by atoms with Gasteiger partial charge in [-0.05, 0) is 73.5 Å². The number of carbonyl (C=O) groups excluding carboxylic acids is 1. The maximum atomic E-state index is 13.0. The number of carbonyl (C=O) groups is 2. The van der Waals surface area contributed by atoms with Crippen LogP contribution in [-0.4, -0.2) is 39.0 Å². The van der Waals surface area contributed by atoms with Gasteiger partial charge in [0.1, 0.15) is 5.76 Å². The van der Waals surface area contributed by atoms with Crippen molar-refractivity contribution < 1.29 is 29.4 Å². The molecule has 0 saturated heterocycles. The zero-order chi connectivity index (χ0) is 26.7. The summed E-state index contributed by atoms with van der Waals surface area (Å²) in [6.07, 6.45) is 5.29. The fourth-order valence-electron chi connectivity index (χ4n) is 5.47. The predicted molar refractivity (Wildman–Crippen MR) is 140 cm³/mol. The third-order valence-electron chi connectivity index (χ3n) is 7.66. The quantitative estimate of drug-likeness (QED) is 0.265. The van der Waals surface area contributed by atoms with E-state index in [0.29, 0.717) is 28.1 Å². The maximum absolute atomic E-state index is 13.0. The van der Waals surface area contributed by atoms with E-state index in [9.17, 15) is 24.9 Å². The SMILES string of the molecule is CC(C)(CO)C[C@H]1C[C@@H](c2onc([C@@H](CCC(=O)O)CC(=O)Nc3ccc(CO)cc3Cl)c2C2CC2)C1. The number of halogens is 1. The molecule has 0 radical (unpaired) electrons. The van der Waals surface area contributed by atoms with Gasteiger partial charge in [-0.2, -0.15) is 0 Å². The van der Waals surface area contributed by atoms with E-state index in [4.69, 9.17) is 16.1 Å². The Hall–Kier alpha value is -2.42. The first-order chi connectivity index (χ1) is 17.6. The van der Waals surface area contributed by atoms with Crippen molar-refractivity contribution in [2.75, 3.05) is 11.9 Å². The molecule has 2 saturated carbocycles. The van der Waals surface area contributed by atoms with Gasteiger partial charge >= 0.3 is 5.97 Å². The molecule has 1 aromatic carbocycles. The van der Waals surface area contributed by atoms with Crippen LogP contribution in [0.25, 0.3) is 0 Å². The zero-order valence-corrected chi connectivity index (χ0v) is 22.3. The van der Waals surface area contributed by atoms with E-state index in [1.54, 1.807) is 18.2 Å². The van der Waals surface area contributed by atoms with Crippen LogP contribution in [0.2, 0.25) is 5.02 Å². The number of anilines is 1. The Morgan fingerprint density at radius 2 is 1.95 bits per heavy atom. The van der Waals surface area contributed by atoms with Crippen LogP contribution in [0, 0.1) is 11.3 Å². The van der Waals surface area contributed by atoms with Crippen LogP contribution >= 0.6 is 11.6 Å². The van der Waals surface area contributed by atoms with E-state index in [0.717, 1.165) is 49.1 Å². The van der Waals surface area contributed by atoms with E-state index in [2.05, 4.69) is 24.3 Å². The van der Waals surface area contributed by atoms with Crippen LogP contribution in [0.15, 0.2) is 22.7 Å². The van der Waals surface area contributed by atoms with Crippen molar-refractivity contribution in [2.45, 2.75) is 89.6 Å². The van der Waals surface area contributed by atoms with Crippen molar-refractivity contribution in [3.8, 4) is 0 Å². The summed E-state index contributed by atoms with van der Waals surface area (Å²) in [6, 6.07) is 4.93. The summed E-state index contributed by atoms with van der Waals surface area (Å²) in [4.78, 5) is 24.4. The van der Waals surface area contributed by atoms with Gasteiger partial charge in [-0.1, -0.05) is 36.7 Å². The summed E-state index contributed by atoms with van der Waals surface area (Å²) in [5.41, 5.74) is 2.78. The molecule has 2 aromatic rings. The Morgan fingerprint density at radius 3 is 2.54 bits per heavy atom. The van der Waals surface area contributed by atoms with Crippen LogP contribution < -0.4 is 5.32 Å². The Balaban J connectivity index is 1.50. The minimum Gasteiger partial charge on any atom is -0.481 e. The highest BCUT2D eigenvalue weighted by atomic mass is 35.5. The lowest BCUT2D eigenvalue weighted by molar-refractivity contribution is -0.137. The summed E-state index contributed by atoms with van der Waals surface area (Å²) in [7, 11) is 0. The van der Waals surface area contributed by atoms with Gasteiger partial charge in [0.25, 0.3) is 0 Å². The molecule has 202 valence electrons. The molecule has 1 atom stereocenters. The van der Waals surface area contributed by atoms with Gasteiger partial charge in [0, 0.05) is 36.8 Å². The van der Waals surface area contributed by atoms with Crippen molar-refractivity contribution in [3.63, 3.8) is 0 Å². The van der Waals surface area contributed by atoms with E-state index >= 15 is 0 Å². The van der Waals surface area contributed by atoms with Gasteiger partial charge in [-0.15, -0.1) is 0 Å². The second-order valence-corrected chi connectivity index (χ2v) is 11.9. The summed E-state index contributed by atoms with van der Waals surface area (Å²) in [5, 5.41) is 35.8. The van der Waals surface area contributed by atoms with Crippen LogP contribution in [0.4, 0.5) is 5.69 Å². The Kier molecular flexibility index (Phi) is 8.61. The summed E-state index contributed by atoms with van der Waals surface area (Å²) < 4.78 is 5.91. The largest absolute Gasteiger partial charge is 0.481 e. The molecular weight excluding hydrogens is 496 g/mol. The molecule has 9 heteroatoms. The number of hydrogen-bond donors (Lipinski definition) is 4. The molecule has 0 spiro atoms. The number of hydrogen-bond acceptors (Lipinski definition) is 6. The lowest BCUT2D eigenvalue weighted by Gasteiger charge is -2.38. The Morgan fingerprint density at radius 1 is 1.22 bits per heavy atom. The number of aromatic nitrogens is 1. The van der Waals surface area contributed by atoms with Gasteiger partial charge in [-0.25, -0.2) is 0 Å². The van der Waals surface area contributed by atoms with Gasteiger partial charge in [0.15, 0.2) is 0 Å². The van der Waals surface area contributed by atoms with Gasteiger partial charge in [0.2, 0.25) is 5.91 Å². The topological polar surface area (TPSA) is 133 Å². The number of carboxylic acids is 1. The second-order valence-electron chi connectivity index (χ2n) is 11.5. The molecule has 2 aliphatic rings. The smallest absolute Gasteiger partial charge is 0.303 e. The highest BCUT2D eigenvalue weighted by molar-refractivity contribution is 6.33. The number of carboxylic acid groups (broad SMARTS) is 1. The normalized spacial score (nSPS) is 20.4. The van der Waals surface area contributed by atoms with E-state index < -0.39 is 5.97 Å². The number of benzene rings is 1. The Bertz CT molecular complexity index is 1120. The molecule has 2 aliphatic carbocycles. The maximum Gasteiger partial charge on any atom is 0.303 e. The number of nitrogens with zero attached hydrogens (tertiary/aromatic N) is 1.